The third-order valence-electron chi connectivity index (χ3n) is 5.86. The zero-order chi connectivity index (χ0) is 21.4. The number of hydrogen-bond acceptors (Lipinski definition) is 6. The van der Waals surface area contributed by atoms with Crippen LogP contribution in [-0.4, -0.2) is 42.6 Å². The number of nitrogens with zero attached hydrogens (tertiary/aromatic N) is 2. The van der Waals surface area contributed by atoms with Crippen LogP contribution in [-0.2, 0) is 27.8 Å². The number of sulfonamides is 1. The monoisotopic (exact) mass is 437 g/mol. The zero-order valence-corrected chi connectivity index (χ0v) is 17.5. The smallest absolute Gasteiger partial charge is 0.412 e. The molecule has 2 aromatic rings. The summed E-state index contributed by atoms with van der Waals surface area (Å²) in [6.07, 6.45) is 4.39. The number of amides is 1. The van der Waals surface area contributed by atoms with E-state index in [4.69, 9.17) is 9.15 Å². The molecule has 162 valence electrons. The average molecular weight is 437 g/mol. The number of nitrogens with one attached hydrogen (secondary N) is 1. The summed E-state index contributed by atoms with van der Waals surface area (Å²) in [6, 6.07) is 4.58. The standard InChI is InChI=1S/C20H24FN3O5S/c1-2-30(26,27)24-11-20(12-24)7-14(8-20)5-15-3-4-16(6-18(15)21)23-19(25)28-10-17-9-22-13-29-17/h3-4,6,9,13-14H,2,5,7-8,10-12H2,1H3,(H,23,25). The van der Waals surface area contributed by atoms with Crippen LogP contribution in [0.5, 0.6) is 0 Å². The molecular weight excluding hydrogens is 413 g/mol. The molecule has 2 aliphatic rings. The van der Waals surface area contributed by atoms with Gasteiger partial charge in [-0.3, -0.25) is 5.32 Å². The minimum atomic E-state index is -3.10. The topological polar surface area (TPSA) is 102 Å². The molecule has 1 N–H and O–H groups in total. The van der Waals surface area contributed by atoms with Gasteiger partial charge in [-0.15, -0.1) is 0 Å². The van der Waals surface area contributed by atoms with E-state index in [9.17, 15) is 17.6 Å². The van der Waals surface area contributed by atoms with Gasteiger partial charge in [-0.25, -0.2) is 26.9 Å². The van der Waals surface area contributed by atoms with Crippen molar-refractivity contribution in [3.63, 3.8) is 0 Å². The number of ether oxygens (including phenoxy) is 1. The molecule has 2 heterocycles. The lowest BCUT2D eigenvalue weighted by Gasteiger charge is -2.58. The minimum Gasteiger partial charge on any atom is -0.445 e. The average Bonchev–Trinajstić information content (AvgIpc) is 3.16. The van der Waals surface area contributed by atoms with Crippen molar-refractivity contribution in [2.75, 3.05) is 24.2 Å². The Kier molecular flexibility index (Phi) is 5.54. The molecule has 1 aliphatic carbocycles. The van der Waals surface area contributed by atoms with Gasteiger partial charge in [0.05, 0.1) is 11.9 Å². The Morgan fingerprint density at radius 3 is 2.80 bits per heavy atom. The lowest BCUT2D eigenvalue weighted by molar-refractivity contribution is -0.0523. The van der Waals surface area contributed by atoms with E-state index >= 15 is 0 Å². The Balaban J connectivity index is 1.24. The van der Waals surface area contributed by atoms with Crippen LogP contribution in [0.2, 0.25) is 0 Å². The zero-order valence-electron chi connectivity index (χ0n) is 16.6. The number of oxazole rings is 1. The molecule has 1 spiro atoms. The van der Waals surface area contributed by atoms with E-state index < -0.39 is 16.1 Å². The van der Waals surface area contributed by atoms with Crippen molar-refractivity contribution >= 4 is 21.8 Å². The van der Waals surface area contributed by atoms with Crippen LogP contribution in [0.3, 0.4) is 0 Å². The van der Waals surface area contributed by atoms with Gasteiger partial charge in [0.2, 0.25) is 10.0 Å². The molecule has 0 bridgehead atoms. The van der Waals surface area contributed by atoms with Crippen LogP contribution in [0.4, 0.5) is 14.9 Å². The largest absolute Gasteiger partial charge is 0.445 e. The summed E-state index contributed by atoms with van der Waals surface area (Å²) in [5, 5.41) is 2.48. The highest BCUT2D eigenvalue weighted by atomic mass is 32.2. The number of anilines is 1. The summed E-state index contributed by atoms with van der Waals surface area (Å²) in [5.41, 5.74) is 0.981. The van der Waals surface area contributed by atoms with Crippen molar-refractivity contribution < 1.29 is 26.8 Å². The van der Waals surface area contributed by atoms with Crippen molar-refractivity contribution in [3.8, 4) is 0 Å². The van der Waals surface area contributed by atoms with Gasteiger partial charge in [-0.05, 0) is 55.2 Å². The highest BCUT2D eigenvalue weighted by molar-refractivity contribution is 7.89. The molecular formula is C20H24FN3O5S. The molecule has 0 radical (unpaired) electrons. The molecule has 1 saturated heterocycles. The second-order valence-corrected chi connectivity index (χ2v) is 10.4. The summed E-state index contributed by atoms with van der Waals surface area (Å²) in [5.74, 6) is 0.502. The number of halogens is 1. The SMILES string of the molecule is CCS(=O)(=O)N1CC2(CC(Cc3ccc(NC(=O)OCc4cnco4)cc3F)C2)C1. The third kappa shape index (κ3) is 4.34. The van der Waals surface area contributed by atoms with Crippen molar-refractivity contribution in [1.29, 1.82) is 0 Å². The van der Waals surface area contributed by atoms with Gasteiger partial charge in [-0.1, -0.05) is 6.07 Å². The fourth-order valence-corrected chi connectivity index (χ4v) is 5.66. The third-order valence-corrected chi connectivity index (χ3v) is 7.64. The lowest BCUT2D eigenvalue weighted by atomic mass is 9.57. The fourth-order valence-electron chi connectivity index (χ4n) is 4.35. The van der Waals surface area contributed by atoms with Crippen molar-refractivity contribution in [3.05, 3.63) is 47.9 Å². The first kappa shape index (κ1) is 20.8. The molecule has 0 unspecified atom stereocenters. The van der Waals surface area contributed by atoms with Crippen LogP contribution in [0, 0.1) is 17.2 Å². The van der Waals surface area contributed by atoms with E-state index in [1.807, 2.05) is 0 Å². The van der Waals surface area contributed by atoms with Crippen molar-refractivity contribution in [1.82, 2.24) is 9.29 Å². The molecule has 10 heteroatoms. The predicted molar refractivity (Wildman–Crippen MR) is 107 cm³/mol. The van der Waals surface area contributed by atoms with Gasteiger partial charge in [0.25, 0.3) is 0 Å². The highest BCUT2D eigenvalue weighted by Gasteiger charge is 2.54. The van der Waals surface area contributed by atoms with E-state index in [2.05, 4.69) is 10.3 Å². The van der Waals surface area contributed by atoms with Crippen LogP contribution in [0.25, 0.3) is 0 Å². The number of benzene rings is 1. The van der Waals surface area contributed by atoms with Gasteiger partial charge >= 0.3 is 6.09 Å². The first-order valence-corrected chi connectivity index (χ1v) is 11.5. The molecule has 4 rings (SSSR count). The van der Waals surface area contributed by atoms with Crippen LogP contribution < -0.4 is 5.32 Å². The summed E-state index contributed by atoms with van der Waals surface area (Å²) in [4.78, 5) is 15.5. The number of carbonyl (C=O) groups is 1. The van der Waals surface area contributed by atoms with Crippen LogP contribution >= 0.6 is 0 Å². The summed E-state index contributed by atoms with van der Waals surface area (Å²) in [6.45, 7) is 2.76. The Hall–Kier alpha value is -2.46. The van der Waals surface area contributed by atoms with E-state index in [1.165, 1.54) is 18.7 Å². The fraction of sp³-hybridized carbons (Fsp3) is 0.500. The maximum absolute atomic E-state index is 14.5. The molecule has 0 atom stereocenters. The van der Waals surface area contributed by atoms with Crippen molar-refractivity contribution in [2.45, 2.75) is 32.8 Å². The quantitative estimate of drug-likeness (QED) is 0.714. The Labute approximate surface area is 174 Å². The Bertz CT molecular complexity index is 1010. The second kappa shape index (κ2) is 7.99. The second-order valence-electron chi connectivity index (χ2n) is 8.12. The van der Waals surface area contributed by atoms with Gasteiger partial charge in [0.15, 0.2) is 18.8 Å². The highest BCUT2D eigenvalue weighted by Crippen LogP contribution is 2.53. The molecule has 30 heavy (non-hydrogen) atoms. The number of carbonyl (C=O) groups excluding carboxylic acids is 1. The lowest BCUT2D eigenvalue weighted by Crippen LogP contribution is -2.64. The van der Waals surface area contributed by atoms with E-state index in [1.54, 1.807) is 23.4 Å². The van der Waals surface area contributed by atoms with Gasteiger partial charge < -0.3 is 9.15 Å². The summed E-state index contributed by atoms with van der Waals surface area (Å²) in [7, 11) is -3.10. The van der Waals surface area contributed by atoms with Gasteiger partial charge in [0.1, 0.15) is 5.82 Å². The van der Waals surface area contributed by atoms with Gasteiger partial charge in [-0.2, -0.15) is 0 Å². The van der Waals surface area contributed by atoms with Crippen LogP contribution in [0.15, 0.2) is 35.2 Å². The van der Waals surface area contributed by atoms with E-state index in [-0.39, 0.29) is 23.6 Å². The first-order chi connectivity index (χ1) is 14.3. The molecule has 1 aromatic carbocycles. The summed E-state index contributed by atoms with van der Waals surface area (Å²) >= 11 is 0. The van der Waals surface area contributed by atoms with Crippen LogP contribution in [0.1, 0.15) is 31.1 Å². The first-order valence-electron chi connectivity index (χ1n) is 9.86. The molecule has 8 nitrogen and oxygen atoms in total. The summed E-state index contributed by atoms with van der Waals surface area (Å²) < 4.78 is 49.7. The maximum Gasteiger partial charge on any atom is 0.412 e. The van der Waals surface area contributed by atoms with E-state index in [0.717, 1.165) is 12.8 Å². The Morgan fingerprint density at radius 1 is 1.40 bits per heavy atom. The number of aromatic nitrogens is 1. The minimum absolute atomic E-state index is 0.0627. The maximum atomic E-state index is 14.5. The number of hydrogen-bond donors (Lipinski definition) is 1. The Morgan fingerprint density at radius 2 is 2.17 bits per heavy atom. The molecule has 2 fully saturated rings. The normalized spacial score (nSPS) is 18.6. The number of rotatable bonds is 7. The molecule has 1 aromatic heterocycles. The van der Waals surface area contributed by atoms with E-state index in [0.29, 0.717) is 42.4 Å². The predicted octanol–water partition coefficient (Wildman–Crippen LogP) is 3.17. The molecule has 1 aliphatic heterocycles. The van der Waals surface area contributed by atoms with Crippen molar-refractivity contribution in [2.24, 2.45) is 11.3 Å². The molecule has 1 amide bonds. The van der Waals surface area contributed by atoms with Gasteiger partial charge in [0, 0.05) is 18.8 Å². The molecule has 1 saturated carbocycles.